The van der Waals surface area contributed by atoms with Crippen molar-refractivity contribution in [3.8, 4) is 6.07 Å². The Balaban J connectivity index is 2.33. The molecule has 1 aliphatic rings. The van der Waals surface area contributed by atoms with Gasteiger partial charge in [0.2, 0.25) is 5.91 Å². The van der Waals surface area contributed by atoms with Crippen molar-refractivity contribution in [3.63, 3.8) is 0 Å². The SMILES string of the molecule is COC(=O)[C@@H](C)OC(=O)C1=C(C)N(c2cccc(C(F)(F)F)c2)C(=N)C(C(=O)N(C)C)C1c1ccc(C#N)cc1. The van der Waals surface area contributed by atoms with Crippen molar-refractivity contribution in [1.82, 2.24) is 4.90 Å². The van der Waals surface area contributed by atoms with Gasteiger partial charge in [0.05, 0.1) is 29.9 Å². The Morgan fingerprint density at radius 2 is 1.75 bits per heavy atom. The van der Waals surface area contributed by atoms with E-state index in [9.17, 15) is 32.8 Å². The molecule has 2 unspecified atom stereocenters. The van der Waals surface area contributed by atoms with Crippen LogP contribution in [0.3, 0.4) is 0 Å². The zero-order valence-corrected chi connectivity index (χ0v) is 22.4. The van der Waals surface area contributed by atoms with E-state index in [-0.39, 0.29) is 22.8 Å². The molecule has 1 amide bonds. The number of halogens is 3. The molecule has 3 rings (SSSR count). The van der Waals surface area contributed by atoms with E-state index in [1.165, 1.54) is 63.2 Å². The Labute approximate surface area is 228 Å². The van der Waals surface area contributed by atoms with Crippen LogP contribution in [0.15, 0.2) is 59.8 Å². The van der Waals surface area contributed by atoms with Gasteiger partial charge in [-0.3, -0.25) is 10.2 Å². The van der Waals surface area contributed by atoms with Gasteiger partial charge in [0.25, 0.3) is 0 Å². The summed E-state index contributed by atoms with van der Waals surface area (Å²) in [5, 5.41) is 18.3. The van der Waals surface area contributed by atoms with Crippen molar-refractivity contribution in [2.75, 3.05) is 26.1 Å². The number of amidine groups is 1. The first-order valence-corrected chi connectivity index (χ1v) is 12.0. The maximum absolute atomic E-state index is 13.7. The molecule has 3 atom stereocenters. The summed E-state index contributed by atoms with van der Waals surface area (Å²) in [6, 6.07) is 12.1. The lowest BCUT2D eigenvalue weighted by molar-refractivity contribution is -0.162. The molecule has 0 saturated carbocycles. The molecular weight excluding hydrogens is 529 g/mol. The fraction of sp³-hybridized carbons (Fsp3) is 0.321. The molecule has 0 spiro atoms. The van der Waals surface area contributed by atoms with E-state index in [4.69, 9.17) is 10.1 Å². The van der Waals surface area contributed by atoms with Crippen LogP contribution in [-0.4, -0.2) is 55.9 Å². The molecule has 0 saturated heterocycles. The van der Waals surface area contributed by atoms with E-state index < -0.39 is 47.5 Å². The highest BCUT2D eigenvalue weighted by Gasteiger charge is 2.48. The smallest absolute Gasteiger partial charge is 0.416 e. The van der Waals surface area contributed by atoms with Gasteiger partial charge in [0.1, 0.15) is 11.8 Å². The average molecular weight is 557 g/mol. The van der Waals surface area contributed by atoms with Crippen molar-refractivity contribution in [2.45, 2.75) is 32.0 Å². The molecule has 0 bridgehead atoms. The molecule has 1 heterocycles. The molecule has 9 nitrogen and oxygen atoms in total. The molecule has 0 aromatic heterocycles. The van der Waals surface area contributed by atoms with E-state index in [1.54, 1.807) is 0 Å². The molecule has 0 radical (unpaired) electrons. The topological polar surface area (TPSA) is 124 Å². The van der Waals surface area contributed by atoms with Crippen LogP contribution >= 0.6 is 0 Å². The van der Waals surface area contributed by atoms with Crippen molar-refractivity contribution >= 4 is 29.4 Å². The summed E-state index contributed by atoms with van der Waals surface area (Å²) in [7, 11) is 4.00. The number of nitrogens with zero attached hydrogens (tertiary/aromatic N) is 3. The van der Waals surface area contributed by atoms with E-state index in [2.05, 4.69) is 4.74 Å². The second kappa shape index (κ2) is 11.6. The fourth-order valence-electron chi connectivity index (χ4n) is 4.52. The molecule has 1 N–H and O–H groups in total. The number of carbonyl (C=O) groups is 3. The molecule has 0 aliphatic carbocycles. The van der Waals surface area contributed by atoms with Crippen molar-refractivity contribution < 1.29 is 37.0 Å². The van der Waals surface area contributed by atoms with Gasteiger partial charge in [-0.15, -0.1) is 0 Å². The maximum Gasteiger partial charge on any atom is 0.416 e. The van der Waals surface area contributed by atoms with Crippen LogP contribution < -0.4 is 4.90 Å². The van der Waals surface area contributed by atoms with Crippen molar-refractivity contribution in [3.05, 3.63) is 76.5 Å². The fourth-order valence-corrected chi connectivity index (χ4v) is 4.52. The highest BCUT2D eigenvalue weighted by Crippen LogP contribution is 2.44. The minimum absolute atomic E-state index is 0.0311. The Hall–Kier alpha value is -4.66. The number of ether oxygens (including phenoxy) is 2. The highest BCUT2D eigenvalue weighted by molar-refractivity contribution is 6.15. The molecule has 12 heteroatoms. The van der Waals surface area contributed by atoms with Crippen LogP contribution in [0.2, 0.25) is 0 Å². The van der Waals surface area contributed by atoms with Gasteiger partial charge in [0, 0.05) is 31.4 Å². The molecule has 2 aromatic rings. The van der Waals surface area contributed by atoms with Gasteiger partial charge < -0.3 is 19.3 Å². The first-order chi connectivity index (χ1) is 18.7. The molecule has 2 aromatic carbocycles. The lowest BCUT2D eigenvalue weighted by Crippen LogP contribution is -2.50. The number of anilines is 1. The summed E-state index contributed by atoms with van der Waals surface area (Å²) in [5.41, 5.74) is -0.514. The van der Waals surface area contributed by atoms with E-state index in [0.717, 1.165) is 30.2 Å². The highest BCUT2D eigenvalue weighted by atomic mass is 19.4. The molecule has 0 fully saturated rings. The van der Waals surface area contributed by atoms with Crippen molar-refractivity contribution in [2.24, 2.45) is 5.92 Å². The Bertz CT molecular complexity index is 1410. The third kappa shape index (κ3) is 5.83. The minimum atomic E-state index is -4.69. The number of rotatable bonds is 6. The normalized spacial score (nSPS) is 18.1. The van der Waals surface area contributed by atoms with Crippen LogP contribution in [0.5, 0.6) is 0 Å². The number of carbonyl (C=O) groups excluding carboxylic acids is 3. The molecule has 1 aliphatic heterocycles. The molecular formula is C28H27F3N4O5. The monoisotopic (exact) mass is 556 g/mol. The van der Waals surface area contributed by atoms with E-state index >= 15 is 0 Å². The minimum Gasteiger partial charge on any atom is -0.466 e. The Morgan fingerprint density at radius 3 is 2.27 bits per heavy atom. The predicted octanol–water partition coefficient (Wildman–Crippen LogP) is 4.24. The zero-order chi connectivity index (χ0) is 29.9. The average Bonchev–Trinajstić information content (AvgIpc) is 2.91. The van der Waals surface area contributed by atoms with Gasteiger partial charge in [-0.2, -0.15) is 18.4 Å². The number of amides is 1. The third-order valence-electron chi connectivity index (χ3n) is 6.48. The second-order valence-electron chi connectivity index (χ2n) is 9.26. The van der Waals surface area contributed by atoms with Crippen LogP contribution in [0, 0.1) is 22.7 Å². The van der Waals surface area contributed by atoms with Gasteiger partial charge in [-0.25, -0.2) is 9.59 Å². The lowest BCUT2D eigenvalue weighted by atomic mass is 9.74. The zero-order valence-electron chi connectivity index (χ0n) is 22.4. The Morgan fingerprint density at radius 1 is 1.12 bits per heavy atom. The Kier molecular flexibility index (Phi) is 8.68. The van der Waals surface area contributed by atoms with Crippen LogP contribution in [0.4, 0.5) is 18.9 Å². The summed E-state index contributed by atoms with van der Waals surface area (Å²) in [4.78, 5) is 41.5. The summed E-state index contributed by atoms with van der Waals surface area (Å²) in [6.45, 7) is 2.70. The number of nitrogens with one attached hydrogen (secondary N) is 1. The van der Waals surface area contributed by atoms with Crippen LogP contribution in [-0.2, 0) is 30.0 Å². The number of allylic oxidation sites excluding steroid dienone is 1. The van der Waals surface area contributed by atoms with Gasteiger partial charge >= 0.3 is 18.1 Å². The largest absolute Gasteiger partial charge is 0.466 e. The van der Waals surface area contributed by atoms with Crippen molar-refractivity contribution in [1.29, 1.82) is 10.7 Å². The predicted molar refractivity (Wildman–Crippen MR) is 138 cm³/mol. The van der Waals surface area contributed by atoms with Gasteiger partial charge in [0.15, 0.2) is 6.10 Å². The number of nitriles is 1. The lowest BCUT2D eigenvalue weighted by Gasteiger charge is -2.42. The number of esters is 2. The van der Waals surface area contributed by atoms with E-state index in [0.29, 0.717) is 11.1 Å². The summed E-state index contributed by atoms with van der Waals surface area (Å²) < 4.78 is 50.7. The molecule has 40 heavy (non-hydrogen) atoms. The summed E-state index contributed by atoms with van der Waals surface area (Å²) in [6.07, 6.45) is -6.03. The second-order valence-corrected chi connectivity index (χ2v) is 9.26. The summed E-state index contributed by atoms with van der Waals surface area (Å²) >= 11 is 0. The van der Waals surface area contributed by atoms with Gasteiger partial charge in [-0.05, 0) is 49.7 Å². The molecule has 210 valence electrons. The first kappa shape index (κ1) is 29.9. The van der Waals surface area contributed by atoms with Crippen LogP contribution in [0.25, 0.3) is 0 Å². The maximum atomic E-state index is 13.7. The number of benzene rings is 2. The standard InChI is InChI=1S/C28H27F3N4O5/c1-15-21(27(38)40-16(2)26(37)39-5)22(18-11-9-17(14-32)10-12-18)23(25(36)34(3)4)24(33)35(15)20-8-6-7-19(13-20)28(29,30)31/h6-13,16,22-23,33H,1-5H3/t16-,22?,23?/m1/s1. The van der Waals surface area contributed by atoms with Gasteiger partial charge in [-0.1, -0.05) is 18.2 Å². The number of alkyl halides is 3. The third-order valence-corrected chi connectivity index (χ3v) is 6.48. The first-order valence-electron chi connectivity index (χ1n) is 12.0. The van der Waals surface area contributed by atoms with Crippen LogP contribution in [0.1, 0.15) is 36.5 Å². The quantitative estimate of drug-likeness (QED) is 0.528. The summed E-state index contributed by atoms with van der Waals surface area (Å²) in [5.74, 6) is -5.35. The number of hydrogen-bond donors (Lipinski definition) is 1. The number of methoxy groups -OCH3 is 1. The number of hydrogen-bond acceptors (Lipinski definition) is 7. The van der Waals surface area contributed by atoms with E-state index in [1.807, 2.05) is 6.07 Å².